The van der Waals surface area contributed by atoms with E-state index in [0.717, 1.165) is 5.56 Å². The van der Waals surface area contributed by atoms with E-state index in [2.05, 4.69) is 14.5 Å². The normalized spacial score (nSPS) is 9.61. The molecule has 6 nitrogen and oxygen atoms in total. The number of aryl methyl sites for hydroxylation is 1. The minimum atomic E-state index is -0.426. The van der Waals surface area contributed by atoms with Crippen LogP contribution in [0.5, 0.6) is 0 Å². The summed E-state index contributed by atoms with van der Waals surface area (Å²) < 4.78 is 9.11. The second-order valence-corrected chi connectivity index (χ2v) is 3.61. The maximum atomic E-state index is 11.3. The highest BCUT2D eigenvalue weighted by molar-refractivity contribution is 5.74. The van der Waals surface area contributed by atoms with Gasteiger partial charge in [0.1, 0.15) is 11.8 Å². The quantitative estimate of drug-likeness (QED) is 0.778. The summed E-state index contributed by atoms with van der Waals surface area (Å²) in [5.74, 6) is -0.760. The van der Waals surface area contributed by atoms with Crippen LogP contribution in [0.3, 0.4) is 0 Å². The molecule has 0 aliphatic heterocycles. The predicted molar refractivity (Wildman–Crippen MR) is 61.6 cm³/mol. The maximum Gasteiger partial charge on any atom is 0.310 e. The molecule has 0 spiro atoms. The molecule has 0 atom stereocenters. The Morgan fingerprint density at radius 3 is 2.56 bits per heavy atom. The zero-order valence-corrected chi connectivity index (χ0v) is 10.3. The van der Waals surface area contributed by atoms with Gasteiger partial charge in [-0.05, 0) is 12.0 Å². The van der Waals surface area contributed by atoms with Gasteiger partial charge in [0.25, 0.3) is 0 Å². The molecule has 0 bridgehead atoms. The molecule has 0 aliphatic carbocycles. The zero-order valence-electron chi connectivity index (χ0n) is 10.3. The molecule has 0 saturated heterocycles. The summed E-state index contributed by atoms with van der Waals surface area (Å²) in [6.07, 6.45) is 2.25. The lowest BCUT2D eigenvalue weighted by atomic mass is 10.2. The van der Waals surface area contributed by atoms with Crippen LogP contribution < -0.4 is 0 Å². The van der Waals surface area contributed by atoms with Crippen molar-refractivity contribution in [2.45, 2.75) is 19.3 Å². The Labute approximate surface area is 105 Å². The Morgan fingerprint density at radius 1 is 1.33 bits per heavy atom. The van der Waals surface area contributed by atoms with Crippen molar-refractivity contribution in [3.8, 4) is 6.07 Å². The fourth-order valence-corrected chi connectivity index (χ4v) is 1.57. The van der Waals surface area contributed by atoms with Gasteiger partial charge in [-0.3, -0.25) is 9.59 Å². The van der Waals surface area contributed by atoms with E-state index < -0.39 is 5.97 Å². The van der Waals surface area contributed by atoms with E-state index in [0.29, 0.717) is 17.7 Å². The van der Waals surface area contributed by atoms with Crippen molar-refractivity contribution < 1.29 is 19.1 Å². The lowest BCUT2D eigenvalue weighted by Crippen LogP contribution is -2.08. The maximum absolute atomic E-state index is 11.3. The fourth-order valence-electron chi connectivity index (χ4n) is 1.57. The highest BCUT2D eigenvalue weighted by atomic mass is 16.5. The van der Waals surface area contributed by atoms with Crippen LogP contribution in [0.15, 0.2) is 6.20 Å². The van der Waals surface area contributed by atoms with Crippen LogP contribution in [0.1, 0.15) is 23.2 Å². The Hall–Kier alpha value is -2.29. The number of carbonyl (C=O) groups is 2. The van der Waals surface area contributed by atoms with Crippen LogP contribution >= 0.6 is 0 Å². The van der Waals surface area contributed by atoms with Gasteiger partial charge in [-0.15, -0.1) is 0 Å². The van der Waals surface area contributed by atoms with Crippen molar-refractivity contribution in [3.05, 3.63) is 23.0 Å². The summed E-state index contributed by atoms with van der Waals surface area (Å²) in [6, 6.07) is 1.97. The number of hydrogen-bond acceptors (Lipinski definition) is 5. The topological polar surface area (TPSA) is 92.2 Å². The number of carbonyl (C=O) groups excluding carboxylic acids is 2. The first-order valence-corrected chi connectivity index (χ1v) is 5.35. The van der Waals surface area contributed by atoms with Gasteiger partial charge in [-0.2, -0.15) is 5.26 Å². The number of nitrogens with one attached hydrogen (secondary N) is 1. The summed E-state index contributed by atoms with van der Waals surface area (Å²) in [5.41, 5.74) is 1.65. The first kappa shape index (κ1) is 13.8. The molecule has 0 saturated carbocycles. The van der Waals surface area contributed by atoms with Gasteiger partial charge in [-0.25, -0.2) is 0 Å². The number of aromatic amines is 1. The molecule has 1 aromatic rings. The van der Waals surface area contributed by atoms with Crippen LogP contribution in [0.25, 0.3) is 0 Å². The average Bonchev–Trinajstić information content (AvgIpc) is 2.77. The van der Waals surface area contributed by atoms with Crippen molar-refractivity contribution >= 4 is 11.9 Å². The Balaban J connectivity index is 2.85. The van der Waals surface area contributed by atoms with Gasteiger partial charge < -0.3 is 14.5 Å². The molecule has 0 amide bonds. The van der Waals surface area contributed by atoms with Gasteiger partial charge >= 0.3 is 11.9 Å². The summed E-state index contributed by atoms with van der Waals surface area (Å²) in [7, 11) is 2.60. The molecule has 0 aliphatic rings. The molecular formula is C12H14N2O4. The SMILES string of the molecule is COC(=O)CC[13c]1c[nH]c(C#N)c1CC(=O)OC. The second kappa shape index (κ2) is 6.45. The summed E-state index contributed by atoms with van der Waals surface area (Å²) in [4.78, 5) is 25.1. The molecule has 6 heteroatoms. The Kier molecular flexibility index (Phi) is 4.93. The molecule has 0 aromatic carbocycles. The van der Waals surface area contributed by atoms with Gasteiger partial charge in [0, 0.05) is 18.2 Å². The van der Waals surface area contributed by atoms with Gasteiger partial charge in [0.15, 0.2) is 0 Å². The number of rotatable bonds is 5. The van der Waals surface area contributed by atoms with Crippen LogP contribution in [0, 0.1) is 11.3 Å². The largest absolute Gasteiger partial charge is 0.469 e. The first-order valence-electron chi connectivity index (χ1n) is 5.35. The smallest absolute Gasteiger partial charge is 0.310 e. The van der Waals surface area contributed by atoms with Crippen molar-refractivity contribution in [1.29, 1.82) is 5.26 Å². The molecule has 0 radical (unpaired) electrons. The first-order chi connectivity index (χ1) is 8.62. The van der Waals surface area contributed by atoms with Crippen molar-refractivity contribution in [3.63, 3.8) is 0 Å². The van der Waals surface area contributed by atoms with Crippen LogP contribution in [0.4, 0.5) is 0 Å². The third kappa shape index (κ3) is 3.35. The highest BCUT2D eigenvalue weighted by Crippen LogP contribution is 2.17. The standard InChI is InChI=1S/C12H14N2O4/c1-17-11(15)4-3-8-7-14-10(6-13)9(8)5-12(16)18-2/h7,14H,3-5H2,1-2H3/i8+1. The molecule has 18 heavy (non-hydrogen) atoms. The molecule has 1 aromatic heterocycles. The zero-order chi connectivity index (χ0) is 13.5. The van der Waals surface area contributed by atoms with E-state index >= 15 is 0 Å². The molecule has 96 valence electrons. The van der Waals surface area contributed by atoms with Crippen molar-refractivity contribution in [2.24, 2.45) is 0 Å². The number of hydrogen-bond donors (Lipinski definition) is 1. The van der Waals surface area contributed by atoms with Crippen LogP contribution in [-0.2, 0) is 31.9 Å². The average molecular weight is 251 g/mol. The lowest BCUT2D eigenvalue weighted by molar-refractivity contribution is -0.140. The second-order valence-electron chi connectivity index (χ2n) is 3.61. The van der Waals surface area contributed by atoms with E-state index in [1.54, 1.807) is 6.20 Å². The molecule has 1 rings (SSSR count). The summed E-state index contributed by atoms with van der Waals surface area (Å²) in [5, 5.41) is 8.92. The molecule has 1 N–H and O–H groups in total. The third-order valence-corrected chi connectivity index (χ3v) is 2.57. The summed E-state index contributed by atoms with van der Waals surface area (Å²) >= 11 is 0. The minimum absolute atomic E-state index is 0.0133. The Morgan fingerprint density at radius 2 is 2.00 bits per heavy atom. The van der Waals surface area contributed by atoms with Crippen LogP contribution in [-0.4, -0.2) is 31.1 Å². The molecule has 0 unspecified atom stereocenters. The van der Waals surface area contributed by atoms with E-state index in [1.165, 1.54) is 14.2 Å². The van der Waals surface area contributed by atoms with E-state index in [1.807, 2.05) is 6.07 Å². The van der Waals surface area contributed by atoms with E-state index in [9.17, 15) is 9.59 Å². The number of nitrogens with zero attached hydrogens (tertiary/aromatic N) is 1. The van der Waals surface area contributed by atoms with Gasteiger partial charge in [0.05, 0.1) is 20.6 Å². The lowest BCUT2D eigenvalue weighted by Gasteiger charge is -2.03. The number of aromatic nitrogens is 1. The number of H-pyrrole nitrogens is 1. The number of esters is 2. The minimum Gasteiger partial charge on any atom is -0.469 e. The third-order valence-electron chi connectivity index (χ3n) is 2.57. The van der Waals surface area contributed by atoms with Gasteiger partial charge in [0.2, 0.25) is 0 Å². The van der Waals surface area contributed by atoms with E-state index in [-0.39, 0.29) is 18.8 Å². The molecular weight excluding hydrogens is 237 g/mol. The molecule has 1 heterocycles. The summed E-state index contributed by atoms with van der Waals surface area (Å²) in [6.45, 7) is 0. The Bertz CT molecular complexity index is 485. The van der Waals surface area contributed by atoms with Crippen molar-refractivity contribution in [1.82, 2.24) is 4.98 Å². The predicted octanol–water partition coefficient (Wildman–Crippen LogP) is 0.707. The fraction of sp³-hybridized carbons (Fsp3) is 0.417. The number of nitriles is 1. The van der Waals surface area contributed by atoms with Gasteiger partial charge in [-0.1, -0.05) is 0 Å². The molecule has 0 fully saturated rings. The van der Waals surface area contributed by atoms with Crippen molar-refractivity contribution in [2.75, 3.05) is 14.2 Å². The van der Waals surface area contributed by atoms with Crippen LogP contribution in [0.2, 0.25) is 0 Å². The van der Waals surface area contributed by atoms with E-state index in [4.69, 9.17) is 5.26 Å². The monoisotopic (exact) mass is 251 g/mol. The number of methoxy groups -OCH3 is 2. The number of ether oxygens (including phenoxy) is 2. The highest BCUT2D eigenvalue weighted by Gasteiger charge is 2.16.